The Labute approximate surface area is 151 Å². The third-order valence-electron chi connectivity index (χ3n) is 4.11. The van der Waals surface area contributed by atoms with E-state index in [2.05, 4.69) is 10.4 Å². The van der Waals surface area contributed by atoms with Crippen LogP contribution in [0.3, 0.4) is 0 Å². The average Bonchev–Trinajstić information content (AvgIpc) is 3.04. The molecular formula is C19H21FN4O2. The highest BCUT2D eigenvalue weighted by Gasteiger charge is 2.12. The molecule has 7 heteroatoms. The number of aryl methyl sites for hydroxylation is 1. The van der Waals surface area contributed by atoms with Gasteiger partial charge in [0.25, 0.3) is 0 Å². The van der Waals surface area contributed by atoms with Gasteiger partial charge in [0.1, 0.15) is 0 Å². The number of carbonyl (C=O) groups is 1. The van der Waals surface area contributed by atoms with Crippen LogP contribution in [0.2, 0.25) is 0 Å². The van der Waals surface area contributed by atoms with Crippen LogP contribution in [0.4, 0.5) is 14.9 Å². The monoisotopic (exact) mass is 356 g/mol. The van der Waals surface area contributed by atoms with E-state index in [9.17, 15) is 9.18 Å². The summed E-state index contributed by atoms with van der Waals surface area (Å²) in [6, 6.07) is 9.96. The standard InChI is InChI=1S/C19H21FN4O2/c1-4-24-12-14-6-7-15(10-17(14)22-24)21-19(25)23(2)11-13-5-8-18(26-3)16(20)9-13/h5-10,12H,4,11H2,1-3H3,(H,21,25). The van der Waals surface area contributed by atoms with Crippen molar-refractivity contribution in [2.24, 2.45) is 0 Å². The molecule has 26 heavy (non-hydrogen) atoms. The Bertz CT molecular complexity index is 938. The summed E-state index contributed by atoms with van der Waals surface area (Å²) in [6.07, 6.45) is 1.96. The zero-order valence-electron chi connectivity index (χ0n) is 15.0. The second-order valence-electron chi connectivity index (χ2n) is 6.01. The normalized spacial score (nSPS) is 10.8. The maximum atomic E-state index is 13.8. The van der Waals surface area contributed by atoms with Crippen LogP contribution in [-0.2, 0) is 13.1 Å². The highest BCUT2D eigenvalue weighted by atomic mass is 19.1. The lowest BCUT2D eigenvalue weighted by Crippen LogP contribution is -2.30. The van der Waals surface area contributed by atoms with Crippen LogP contribution < -0.4 is 10.1 Å². The maximum absolute atomic E-state index is 13.8. The molecule has 0 aliphatic rings. The van der Waals surface area contributed by atoms with E-state index in [1.807, 2.05) is 36.0 Å². The number of amides is 2. The van der Waals surface area contributed by atoms with Crippen LogP contribution in [0.25, 0.3) is 10.9 Å². The summed E-state index contributed by atoms with van der Waals surface area (Å²) in [5.74, 6) is -0.267. The minimum atomic E-state index is -0.448. The predicted octanol–water partition coefficient (Wildman–Crippen LogP) is 3.87. The van der Waals surface area contributed by atoms with Gasteiger partial charge in [0, 0.05) is 37.4 Å². The minimum Gasteiger partial charge on any atom is -0.494 e. The molecule has 1 aromatic heterocycles. The van der Waals surface area contributed by atoms with Gasteiger partial charge >= 0.3 is 6.03 Å². The lowest BCUT2D eigenvalue weighted by molar-refractivity contribution is 0.220. The largest absolute Gasteiger partial charge is 0.494 e. The Balaban J connectivity index is 1.67. The van der Waals surface area contributed by atoms with E-state index < -0.39 is 5.82 Å². The predicted molar refractivity (Wildman–Crippen MR) is 98.8 cm³/mol. The van der Waals surface area contributed by atoms with Crippen molar-refractivity contribution in [2.45, 2.75) is 20.0 Å². The van der Waals surface area contributed by atoms with Gasteiger partial charge in [-0.2, -0.15) is 5.10 Å². The van der Waals surface area contributed by atoms with Gasteiger partial charge in [-0.1, -0.05) is 6.07 Å². The molecular weight excluding hydrogens is 335 g/mol. The Hall–Kier alpha value is -3.09. The van der Waals surface area contributed by atoms with Gasteiger partial charge in [0.05, 0.1) is 12.6 Å². The van der Waals surface area contributed by atoms with Gasteiger partial charge < -0.3 is 15.0 Å². The van der Waals surface area contributed by atoms with Crippen molar-refractivity contribution in [2.75, 3.05) is 19.5 Å². The fraction of sp³-hybridized carbons (Fsp3) is 0.263. The number of rotatable bonds is 5. The number of carbonyl (C=O) groups excluding carboxylic acids is 1. The van der Waals surface area contributed by atoms with E-state index in [4.69, 9.17) is 4.74 Å². The van der Waals surface area contributed by atoms with E-state index in [1.54, 1.807) is 19.2 Å². The first-order valence-electron chi connectivity index (χ1n) is 8.32. The van der Waals surface area contributed by atoms with Crippen LogP contribution in [0.1, 0.15) is 12.5 Å². The number of anilines is 1. The fourth-order valence-corrected chi connectivity index (χ4v) is 2.68. The first-order chi connectivity index (χ1) is 12.5. The smallest absolute Gasteiger partial charge is 0.321 e. The lowest BCUT2D eigenvalue weighted by atomic mass is 10.2. The summed E-state index contributed by atoms with van der Waals surface area (Å²) in [4.78, 5) is 13.9. The molecule has 0 bridgehead atoms. The van der Waals surface area contributed by atoms with Crippen molar-refractivity contribution in [1.29, 1.82) is 0 Å². The molecule has 0 fully saturated rings. The van der Waals surface area contributed by atoms with Crippen molar-refractivity contribution in [3.8, 4) is 5.75 Å². The van der Waals surface area contributed by atoms with Crippen LogP contribution in [0, 0.1) is 5.82 Å². The number of methoxy groups -OCH3 is 1. The number of ether oxygens (including phenoxy) is 1. The third-order valence-corrected chi connectivity index (χ3v) is 4.11. The molecule has 2 aromatic carbocycles. The van der Waals surface area contributed by atoms with Crippen LogP contribution in [0.5, 0.6) is 5.75 Å². The molecule has 136 valence electrons. The Kier molecular flexibility index (Phi) is 5.06. The quantitative estimate of drug-likeness (QED) is 0.755. The number of halogens is 1. The molecule has 0 saturated carbocycles. The number of benzene rings is 2. The molecule has 6 nitrogen and oxygen atoms in total. The zero-order valence-corrected chi connectivity index (χ0v) is 15.0. The van der Waals surface area contributed by atoms with Gasteiger partial charge in [-0.3, -0.25) is 4.68 Å². The van der Waals surface area contributed by atoms with Crippen molar-refractivity contribution < 1.29 is 13.9 Å². The molecule has 0 radical (unpaired) electrons. The van der Waals surface area contributed by atoms with Crippen molar-refractivity contribution in [3.05, 3.63) is 54.0 Å². The van der Waals surface area contributed by atoms with Crippen molar-refractivity contribution in [3.63, 3.8) is 0 Å². The van der Waals surface area contributed by atoms with Crippen LogP contribution in [-0.4, -0.2) is 34.9 Å². The molecule has 1 heterocycles. The number of urea groups is 1. The van der Waals surface area contributed by atoms with E-state index in [0.717, 1.165) is 17.4 Å². The topological polar surface area (TPSA) is 59.4 Å². The average molecular weight is 356 g/mol. The van der Waals surface area contributed by atoms with Crippen molar-refractivity contribution in [1.82, 2.24) is 14.7 Å². The van der Waals surface area contributed by atoms with Gasteiger partial charge in [-0.15, -0.1) is 0 Å². The van der Waals surface area contributed by atoms with E-state index >= 15 is 0 Å². The molecule has 0 aliphatic carbocycles. The van der Waals surface area contributed by atoms with E-state index in [-0.39, 0.29) is 18.3 Å². The summed E-state index contributed by atoms with van der Waals surface area (Å²) in [5.41, 5.74) is 2.17. The number of nitrogens with one attached hydrogen (secondary N) is 1. The summed E-state index contributed by atoms with van der Waals surface area (Å²) in [7, 11) is 3.07. The zero-order chi connectivity index (χ0) is 18.7. The Morgan fingerprint density at radius 3 is 2.81 bits per heavy atom. The highest BCUT2D eigenvalue weighted by molar-refractivity contribution is 5.92. The molecule has 2 amide bonds. The SMILES string of the molecule is CCn1cc2ccc(NC(=O)N(C)Cc3ccc(OC)c(F)c3)cc2n1. The molecule has 0 saturated heterocycles. The molecule has 3 rings (SSSR count). The number of fused-ring (bicyclic) bond motifs is 1. The molecule has 0 spiro atoms. The Morgan fingerprint density at radius 1 is 1.31 bits per heavy atom. The Morgan fingerprint density at radius 2 is 2.12 bits per heavy atom. The maximum Gasteiger partial charge on any atom is 0.321 e. The highest BCUT2D eigenvalue weighted by Crippen LogP contribution is 2.20. The van der Waals surface area contributed by atoms with Gasteiger partial charge in [0.15, 0.2) is 11.6 Å². The second-order valence-corrected chi connectivity index (χ2v) is 6.01. The fourth-order valence-electron chi connectivity index (χ4n) is 2.68. The molecule has 3 aromatic rings. The number of aromatic nitrogens is 2. The summed E-state index contributed by atoms with van der Waals surface area (Å²) >= 11 is 0. The summed E-state index contributed by atoms with van der Waals surface area (Å²) in [5, 5.41) is 8.29. The molecule has 0 unspecified atom stereocenters. The summed E-state index contributed by atoms with van der Waals surface area (Å²) in [6.45, 7) is 3.09. The number of hydrogen-bond donors (Lipinski definition) is 1. The van der Waals surface area contributed by atoms with E-state index in [1.165, 1.54) is 18.1 Å². The van der Waals surface area contributed by atoms with Gasteiger partial charge in [-0.25, -0.2) is 9.18 Å². The minimum absolute atomic E-state index is 0.181. The van der Waals surface area contributed by atoms with Crippen molar-refractivity contribution >= 4 is 22.6 Å². The first kappa shape index (κ1) is 17.7. The van der Waals surface area contributed by atoms with Gasteiger partial charge in [-0.05, 0) is 42.8 Å². The third kappa shape index (κ3) is 3.77. The molecule has 1 N–H and O–H groups in total. The molecule has 0 aliphatic heterocycles. The molecule has 0 atom stereocenters. The van der Waals surface area contributed by atoms with Crippen LogP contribution >= 0.6 is 0 Å². The van der Waals surface area contributed by atoms with Crippen LogP contribution in [0.15, 0.2) is 42.6 Å². The number of nitrogens with zero attached hydrogens (tertiary/aromatic N) is 3. The second kappa shape index (κ2) is 7.43. The van der Waals surface area contributed by atoms with E-state index in [0.29, 0.717) is 11.3 Å². The lowest BCUT2D eigenvalue weighted by Gasteiger charge is -2.18. The first-order valence-corrected chi connectivity index (χ1v) is 8.32. The van der Waals surface area contributed by atoms with Gasteiger partial charge in [0.2, 0.25) is 0 Å². The number of hydrogen-bond acceptors (Lipinski definition) is 3. The summed E-state index contributed by atoms with van der Waals surface area (Å²) < 4.78 is 20.5.